The molecule has 3 N–H and O–H groups in total. The maximum absolute atomic E-state index is 11.2. The van der Waals surface area contributed by atoms with Crippen molar-refractivity contribution in [3.8, 4) is 0 Å². The van der Waals surface area contributed by atoms with Crippen molar-refractivity contribution in [2.75, 3.05) is 6.54 Å². The monoisotopic (exact) mass is 294 g/mol. The van der Waals surface area contributed by atoms with Gasteiger partial charge in [-0.25, -0.2) is 0 Å². The molecule has 5 heteroatoms. The fraction of sp³-hybridized carbons (Fsp3) is 0.400. The molecule has 1 unspecified atom stereocenters. The van der Waals surface area contributed by atoms with Crippen molar-refractivity contribution in [2.24, 2.45) is 0 Å². The molecular formula is C15H19ClN2O2. The van der Waals surface area contributed by atoms with Crippen molar-refractivity contribution in [3.63, 3.8) is 0 Å². The highest BCUT2D eigenvalue weighted by Gasteiger charge is 2.38. The lowest BCUT2D eigenvalue weighted by Crippen LogP contribution is -2.48. The number of carboxylic acid groups (broad SMARTS) is 1. The largest absolute Gasteiger partial charge is 0.481 e. The summed E-state index contributed by atoms with van der Waals surface area (Å²) >= 11 is 0. The predicted molar refractivity (Wildman–Crippen MR) is 81.5 cm³/mol. The van der Waals surface area contributed by atoms with Gasteiger partial charge in [-0.3, -0.25) is 4.79 Å². The molecule has 2 aromatic rings. The number of hydrogen-bond acceptors (Lipinski definition) is 2. The van der Waals surface area contributed by atoms with E-state index in [1.165, 1.54) is 10.9 Å². The molecule has 0 saturated carbocycles. The Kier molecular flexibility index (Phi) is 4.06. The second-order valence-corrected chi connectivity index (χ2v) is 5.21. The topological polar surface area (TPSA) is 65.1 Å². The van der Waals surface area contributed by atoms with Gasteiger partial charge in [0.2, 0.25) is 0 Å². The van der Waals surface area contributed by atoms with E-state index in [0.29, 0.717) is 0 Å². The van der Waals surface area contributed by atoms with E-state index in [9.17, 15) is 9.90 Å². The Morgan fingerprint density at radius 1 is 1.40 bits per heavy atom. The summed E-state index contributed by atoms with van der Waals surface area (Å²) in [5.41, 5.74) is 2.97. The summed E-state index contributed by atoms with van der Waals surface area (Å²) < 4.78 is 0. The molecule has 0 saturated heterocycles. The highest BCUT2D eigenvalue weighted by molar-refractivity contribution is 5.86. The number of para-hydroxylation sites is 1. The molecule has 108 valence electrons. The van der Waals surface area contributed by atoms with E-state index in [-0.39, 0.29) is 18.8 Å². The van der Waals surface area contributed by atoms with Gasteiger partial charge >= 0.3 is 5.97 Å². The molecule has 1 aromatic heterocycles. The molecule has 1 atom stereocenters. The van der Waals surface area contributed by atoms with E-state index in [0.717, 1.165) is 30.6 Å². The number of aromatic amines is 1. The molecule has 0 fully saturated rings. The van der Waals surface area contributed by atoms with Gasteiger partial charge in [-0.2, -0.15) is 0 Å². The average molecular weight is 295 g/mol. The minimum Gasteiger partial charge on any atom is -0.481 e. The second kappa shape index (κ2) is 5.46. The van der Waals surface area contributed by atoms with Crippen LogP contribution < -0.4 is 5.32 Å². The van der Waals surface area contributed by atoms with Crippen LogP contribution in [0.2, 0.25) is 0 Å². The molecular weight excluding hydrogens is 276 g/mol. The number of fused-ring (bicyclic) bond motifs is 3. The highest BCUT2D eigenvalue weighted by Crippen LogP contribution is 2.37. The molecule has 0 bridgehead atoms. The number of carbonyl (C=O) groups is 1. The summed E-state index contributed by atoms with van der Waals surface area (Å²) in [4.78, 5) is 14.6. The Morgan fingerprint density at radius 3 is 2.85 bits per heavy atom. The first kappa shape index (κ1) is 14.9. The van der Waals surface area contributed by atoms with E-state index in [1.807, 2.05) is 19.1 Å². The molecule has 0 spiro atoms. The number of H-pyrrole nitrogens is 1. The number of aliphatic carboxylic acids is 1. The van der Waals surface area contributed by atoms with Crippen LogP contribution >= 0.6 is 12.4 Å². The minimum atomic E-state index is -0.763. The van der Waals surface area contributed by atoms with Gasteiger partial charge in [0.25, 0.3) is 0 Å². The van der Waals surface area contributed by atoms with Gasteiger partial charge in [0.05, 0.1) is 12.0 Å². The average Bonchev–Trinajstić information content (AvgIpc) is 2.78. The number of nitrogens with one attached hydrogen (secondary N) is 2. The molecule has 20 heavy (non-hydrogen) atoms. The number of carboxylic acids is 1. The number of rotatable bonds is 3. The number of benzene rings is 1. The van der Waals surface area contributed by atoms with Crippen LogP contribution in [0.15, 0.2) is 24.3 Å². The first-order chi connectivity index (χ1) is 9.16. The fourth-order valence-corrected chi connectivity index (χ4v) is 3.22. The minimum absolute atomic E-state index is 0. The van der Waals surface area contributed by atoms with E-state index in [4.69, 9.17) is 0 Å². The Morgan fingerprint density at radius 2 is 2.15 bits per heavy atom. The van der Waals surface area contributed by atoms with Crippen LogP contribution in [0.3, 0.4) is 0 Å². The third-order valence-corrected chi connectivity index (χ3v) is 4.19. The van der Waals surface area contributed by atoms with Gasteiger partial charge in [0.15, 0.2) is 0 Å². The molecule has 0 aliphatic carbocycles. The molecule has 0 amide bonds. The molecule has 1 aliphatic rings. The van der Waals surface area contributed by atoms with Crippen LogP contribution in [0.1, 0.15) is 31.0 Å². The van der Waals surface area contributed by atoms with Gasteiger partial charge in [-0.05, 0) is 24.5 Å². The summed E-state index contributed by atoms with van der Waals surface area (Å²) in [5.74, 6) is -0.763. The van der Waals surface area contributed by atoms with Crippen molar-refractivity contribution in [1.29, 1.82) is 0 Å². The maximum atomic E-state index is 11.2. The van der Waals surface area contributed by atoms with Crippen LogP contribution in [0.25, 0.3) is 10.9 Å². The molecule has 1 aromatic carbocycles. The van der Waals surface area contributed by atoms with Gasteiger partial charge < -0.3 is 15.4 Å². The zero-order chi connectivity index (χ0) is 13.5. The van der Waals surface area contributed by atoms with Crippen LogP contribution in [0.5, 0.6) is 0 Å². The van der Waals surface area contributed by atoms with Crippen molar-refractivity contribution in [3.05, 3.63) is 35.5 Å². The normalized spacial score (nSPS) is 21.2. The molecule has 2 heterocycles. The Hall–Kier alpha value is -1.52. The number of halogens is 1. The lowest BCUT2D eigenvalue weighted by molar-refractivity contribution is -0.139. The van der Waals surface area contributed by atoms with Gasteiger partial charge in [0.1, 0.15) is 0 Å². The van der Waals surface area contributed by atoms with Gasteiger partial charge in [-0.1, -0.05) is 25.1 Å². The quantitative estimate of drug-likeness (QED) is 0.815. The van der Waals surface area contributed by atoms with Gasteiger partial charge in [0, 0.05) is 23.1 Å². The summed E-state index contributed by atoms with van der Waals surface area (Å²) in [7, 11) is 0. The van der Waals surface area contributed by atoms with Crippen LogP contribution in [-0.2, 0) is 16.8 Å². The number of hydrogen-bond donors (Lipinski definition) is 3. The van der Waals surface area contributed by atoms with E-state index < -0.39 is 11.5 Å². The van der Waals surface area contributed by atoms with Crippen LogP contribution in [0, 0.1) is 0 Å². The summed E-state index contributed by atoms with van der Waals surface area (Å²) in [6.07, 6.45) is 1.82. The second-order valence-electron chi connectivity index (χ2n) is 5.21. The van der Waals surface area contributed by atoms with Crippen LogP contribution in [-0.4, -0.2) is 22.6 Å². The zero-order valence-electron chi connectivity index (χ0n) is 11.4. The summed E-state index contributed by atoms with van der Waals surface area (Å²) in [6, 6.07) is 8.19. The Balaban J connectivity index is 0.00000147. The summed E-state index contributed by atoms with van der Waals surface area (Å²) in [5, 5.41) is 13.9. The first-order valence-electron chi connectivity index (χ1n) is 6.73. The van der Waals surface area contributed by atoms with Crippen molar-refractivity contribution < 1.29 is 9.90 Å². The molecule has 1 aliphatic heterocycles. The van der Waals surface area contributed by atoms with E-state index >= 15 is 0 Å². The highest BCUT2D eigenvalue weighted by atomic mass is 35.5. The van der Waals surface area contributed by atoms with E-state index in [1.54, 1.807) is 0 Å². The molecule has 3 rings (SSSR count). The van der Waals surface area contributed by atoms with Gasteiger partial charge in [-0.15, -0.1) is 12.4 Å². The standard InChI is InChI=1S/C15H18N2O2.ClH/c1-2-15(9-13(18)19)14-11(7-8-16-15)10-5-3-4-6-12(10)17-14;/h3-6,16-17H,2,7-9H2,1H3,(H,18,19);1H. The number of aromatic nitrogens is 1. The predicted octanol–water partition coefficient (Wildman–Crippen LogP) is 2.82. The fourth-order valence-electron chi connectivity index (χ4n) is 3.22. The third-order valence-electron chi connectivity index (χ3n) is 4.19. The third kappa shape index (κ3) is 2.19. The van der Waals surface area contributed by atoms with E-state index in [2.05, 4.69) is 22.4 Å². The zero-order valence-corrected chi connectivity index (χ0v) is 12.2. The Bertz CT molecular complexity index is 638. The lowest BCUT2D eigenvalue weighted by atomic mass is 9.82. The van der Waals surface area contributed by atoms with Crippen LogP contribution in [0.4, 0.5) is 0 Å². The first-order valence-corrected chi connectivity index (χ1v) is 6.73. The molecule has 0 radical (unpaired) electrons. The maximum Gasteiger partial charge on any atom is 0.305 e. The molecule has 4 nitrogen and oxygen atoms in total. The van der Waals surface area contributed by atoms with Crippen molar-refractivity contribution >= 4 is 29.3 Å². The van der Waals surface area contributed by atoms with Crippen molar-refractivity contribution in [1.82, 2.24) is 10.3 Å². The Labute approximate surface area is 124 Å². The SMILES string of the molecule is CCC1(CC(=O)O)NCCc2c1[nH]c1ccccc21.Cl. The lowest BCUT2D eigenvalue weighted by Gasteiger charge is -2.36. The summed E-state index contributed by atoms with van der Waals surface area (Å²) in [6.45, 7) is 2.87. The smallest absolute Gasteiger partial charge is 0.305 e. The van der Waals surface area contributed by atoms with Crippen molar-refractivity contribution in [2.45, 2.75) is 31.7 Å².